The minimum absolute atomic E-state index is 0.00931. The van der Waals surface area contributed by atoms with Crippen molar-refractivity contribution in [2.75, 3.05) is 7.11 Å². The molecule has 1 aromatic heterocycles. The van der Waals surface area contributed by atoms with E-state index in [9.17, 15) is 9.59 Å². The molecular formula is C24H24ClN3O4. The van der Waals surface area contributed by atoms with Gasteiger partial charge < -0.3 is 14.0 Å². The van der Waals surface area contributed by atoms with Gasteiger partial charge in [0.1, 0.15) is 5.56 Å². The van der Waals surface area contributed by atoms with E-state index in [-0.39, 0.29) is 11.7 Å². The first-order chi connectivity index (χ1) is 15.4. The number of hydrazone groups is 1. The van der Waals surface area contributed by atoms with Crippen LogP contribution in [-0.2, 0) is 6.54 Å². The van der Waals surface area contributed by atoms with E-state index in [1.807, 2.05) is 26.0 Å². The number of carbonyl (C=O) groups excluding carboxylic acids is 1. The van der Waals surface area contributed by atoms with Crippen LogP contribution in [0.15, 0.2) is 70.7 Å². The van der Waals surface area contributed by atoms with E-state index < -0.39 is 11.5 Å². The van der Waals surface area contributed by atoms with Gasteiger partial charge >= 0.3 is 0 Å². The highest BCUT2D eigenvalue weighted by atomic mass is 35.5. The van der Waals surface area contributed by atoms with Gasteiger partial charge in [0.05, 0.1) is 26.0 Å². The van der Waals surface area contributed by atoms with Gasteiger partial charge in [-0.25, -0.2) is 5.43 Å². The average molecular weight is 454 g/mol. The molecule has 166 valence electrons. The summed E-state index contributed by atoms with van der Waals surface area (Å²) in [5.41, 5.74) is 3.52. The molecule has 1 N–H and O–H groups in total. The molecule has 0 fully saturated rings. The summed E-state index contributed by atoms with van der Waals surface area (Å²) in [5.74, 6) is 0.576. The Bertz CT molecular complexity index is 1190. The van der Waals surface area contributed by atoms with Crippen LogP contribution in [0, 0.1) is 0 Å². The van der Waals surface area contributed by atoms with Crippen LogP contribution in [0.4, 0.5) is 0 Å². The Balaban J connectivity index is 1.71. The van der Waals surface area contributed by atoms with Gasteiger partial charge in [0.2, 0.25) is 0 Å². The zero-order chi connectivity index (χ0) is 23.1. The van der Waals surface area contributed by atoms with Crippen molar-refractivity contribution in [2.24, 2.45) is 5.10 Å². The van der Waals surface area contributed by atoms with Crippen molar-refractivity contribution in [3.8, 4) is 11.5 Å². The maximum atomic E-state index is 12.7. The average Bonchev–Trinajstić information content (AvgIpc) is 2.75. The van der Waals surface area contributed by atoms with Crippen molar-refractivity contribution in [1.82, 2.24) is 9.99 Å². The van der Waals surface area contributed by atoms with Crippen LogP contribution in [0.3, 0.4) is 0 Å². The quantitative estimate of drug-likeness (QED) is 0.411. The molecule has 0 atom stereocenters. The Morgan fingerprint density at radius 1 is 1.16 bits per heavy atom. The number of aromatic nitrogens is 1. The standard InChI is InChI=1S/C24H24ClN3O4/c1-16(2)32-21-10-9-17(13-22(21)31-3)14-26-27-23(29)20-8-5-11-28(24(20)30)15-18-6-4-7-19(25)12-18/h4-14,16H,15H2,1-3H3,(H,27,29)/b26-14-. The molecule has 0 bridgehead atoms. The highest BCUT2D eigenvalue weighted by Gasteiger charge is 2.12. The fourth-order valence-corrected chi connectivity index (χ4v) is 3.22. The molecule has 0 radical (unpaired) electrons. The number of halogens is 1. The third kappa shape index (κ3) is 5.98. The van der Waals surface area contributed by atoms with Crippen molar-refractivity contribution in [2.45, 2.75) is 26.5 Å². The number of pyridine rings is 1. The normalized spacial score (nSPS) is 11.0. The van der Waals surface area contributed by atoms with Gasteiger partial charge in [0.25, 0.3) is 11.5 Å². The molecule has 7 nitrogen and oxygen atoms in total. The van der Waals surface area contributed by atoms with Crippen molar-refractivity contribution in [3.63, 3.8) is 0 Å². The number of methoxy groups -OCH3 is 1. The molecule has 0 aliphatic rings. The van der Waals surface area contributed by atoms with Crippen molar-refractivity contribution < 1.29 is 14.3 Å². The molecule has 32 heavy (non-hydrogen) atoms. The minimum atomic E-state index is -0.599. The van der Waals surface area contributed by atoms with E-state index in [4.69, 9.17) is 21.1 Å². The summed E-state index contributed by atoms with van der Waals surface area (Å²) in [4.78, 5) is 25.2. The lowest BCUT2D eigenvalue weighted by Gasteiger charge is -2.13. The maximum absolute atomic E-state index is 12.7. The number of carbonyl (C=O) groups is 1. The number of nitrogens with one attached hydrogen (secondary N) is 1. The van der Waals surface area contributed by atoms with Gasteiger partial charge in [-0.05, 0) is 67.4 Å². The molecule has 1 heterocycles. The topological polar surface area (TPSA) is 81.9 Å². The third-order valence-electron chi connectivity index (χ3n) is 4.44. The van der Waals surface area contributed by atoms with Gasteiger partial charge in [0, 0.05) is 11.2 Å². The SMILES string of the molecule is COc1cc(/C=N\NC(=O)c2cccn(Cc3cccc(Cl)c3)c2=O)ccc1OC(C)C. The number of amides is 1. The summed E-state index contributed by atoms with van der Waals surface area (Å²) >= 11 is 6.01. The summed E-state index contributed by atoms with van der Waals surface area (Å²) in [6.07, 6.45) is 3.10. The highest BCUT2D eigenvalue weighted by molar-refractivity contribution is 6.30. The number of nitrogens with zero attached hydrogens (tertiary/aromatic N) is 2. The predicted octanol–water partition coefficient (Wildman–Crippen LogP) is 4.11. The summed E-state index contributed by atoms with van der Waals surface area (Å²) in [6.45, 7) is 4.15. The Labute approximate surface area is 191 Å². The molecule has 0 aliphatic carbocycles. The first kappa shape index (κ1) is 23.1. The second-order valence-electron chi connectivity index (χ2n) is 7.26. The number of hydrogen-bond acceptors (Lipinski definition) is 5. The molecule has 2 aromatic carbocycles. The van der Waals surface area contributed by atoms with Crippen LogP contribution in [-0.4, -0.2) is 29.9 Å². The summed E-state index contributed by atoms with van der Waals surface area (Å²) in [7, 11) is 1.55. The smallest absolute Gasteiger partial charge is 0.276 e. The van der Waals surface area contributed by atoms with E-state index >= 15 is 0 Å². The maximum Gasteiger partial charge on any atom is 0.276 e. The molecule has 0 saturated carbocycles. The van der Waals surface area contributed by atoms with Gasteiger partial charge in [-0.15, -0.1) is 0 Å². The monoisotopic (exact) mass is 453 g/mol. The van der Waals surface area contributed by atoms with E-state index in [0.717, 1.165) is 5.56 Å². The second kappa shape index (κ2) is 10.6. The van der Waals surface area contributed by atoms with Crippen LogP contribution in [0.2, 0.25) is 5.02 Å². The fraction of sp³-hybridized carbons (Fsp3) is 0.208. The Kier molecular flexibility index (Phi) is 7.68. The number of benzene rings is 2. The molecule has 1 amide bonds. The van der Waals surface area contributed by atoms with Crippen LogP contribution in [0.25, 0.3) is 0 Å². The number of ether oxygens (including phenoxy) is 2. The van der Waals surface area contributed by atoms with E-state index in [2.05, 4.69) is 10.5 Å². The molecule has 3 rings (SSSR count). The summed E-state index contributed by atoms with van der Waals surface area (Å²) in [6, 6.07) is 15.6. The van der Waals surface area contributed by atoms with Crippen molar-refractivity contribution in [1.29, 1.82) is 0 Å². The van der Waals surface area contributed by atoms with Crippen LogP contribution >= 0.6 is 11.6 Å². The molecular weight excluding hydrogens is 430 g/mol. The Hall–Kier alpha value is -3.58. The second-order valence-corrected chi connectivity index (χ2v) is 7.70. The lowest BCUT2D eigenvalue weighted by molar-refractivity contribution is 0.0953. The lowest BCUT2D eigenvalue weighted by Crippen LogP contribution is -2.30. The predicted molar refractivity (Wildman–Crippen MR) is 125 cm³/mol. The first-order valence-corrected chi connectivity index (χ1v) is 10.4. The molecule has 0 saturated heterocycles. The minimum Gasteiger partial charge on any atom is -0.493 e. The van der Waals surface area contributed by atoms with E-state index in [1.165, 1.54) is 16.8 Å². The Morgan fingerprint density at radius 2 is 1.97 bits per heavy atom. The highest BCUT2D eigenvalue weighted by Crippen LogP contribution is 2.28. The lowest BCUT2D eigenvalue weighted by atomic mass is 10.2. The fourth-order valence-electron chi connectivity index (χ4n) is 3.01. The number of hydrogen-bond donors (Lipinski definition) is 1. The zero-order valence-corrected chi connectivity index (χ0v) is 18.8. The van der Waals surface area contributed by atoms with Crippen LogP contribution < -0.4 is 20.5 Å². The van der Waals surface area contributed by atoms with Crippen molar-refractivity contribution >= 4 is 23.7 Å². The Morgan fingerprint density at radius 3 is 2.69 bits per heavy atom. The third-order valence-corrected chi connectivity index (χ3v) is 4.67. The van der Waals surface area contributed by atoms with Gasteiger partial charge in [0.15, 0.2) is 11.5 Å². The zero-order valence-electron chi connectivity index (χ0n) is 18.0. The van der Waals surface area contributed by atoms with Gasteiger partial charge in [-0.2, -0.15) is 5.10 Å². The first-order valence-electron chi connectivity index (χ1n) is 9.99. The van der Waals surface area contributed by atoms with Crippen LogP contribution in [0.1, 0.15) is 35.3 Å². The van der Waals surface area contributed by atoms with Gasteiger partial charge in [-0.1, -0.05) is 23.7 Å². The number of rotatable bonds is 8. The van der Waals surface area contributed by atoms with E-state index in [1.54, 1.807) is 49.7 Å². The van der Waals surface area contributed by atoms with Crippen LogP contribution in [0.5, 0.6) is 11.5 Å². The van der Waals surface area contributed by atoms with Gasteiger partial charge in [-0.3, -0.25) is 9.59 Å². The molecule has 0 unspecified atom stereocenters. The molecule has 0 aliphatic heterocycles. The molecule has 8 heteroatoms. The molecule has 0 spiro atoms. The van der Waals surface area contributed by atoms with E-state index in [0.29, 0.717) is 28.6 Å². The largest absolute Gasteiger partial charge is 0.493 e. The molecule has 3 aromatic rings. The summed E-state index contributed by atoms with van der Waals surface area (Å²) < 4.78 is 12.5. The van der Waals surface area contributed by atoms with Crippen molar-refractivity contribution in [3.05, 3.63) is 92.9 Å². The summed E-state index contributed by atoms with van der Waals surface area (Å²) in [5, 5.41) is 4.55.